The van der Waals surface area contributed by atoms with Crippen LogP contribution in [-0.2, 0) is 0 Å². The fourth-order valence-electron chi connectivity index (χ4n) is 1.37. The fraction of sp³-hybridized carbons (Fsp3) is 0.500. The highest BCUT2D eigenvalue weighted by Gasteiger charge is 2.14. The van der Waals surface area contributed by atoms with Crippen molar-refractivity contribution in [2.24, 2.45) is 0 Å². The summed E-state index contributed by atoms with van der Waals surface area (Å²) in [5, 5.41) is 3.45. The molecule has 0 spiro atoms. The summed E-state index contributed by atoms with van der Waals surface area (Å²) in [5.74, 6) is 6.02. The zero-order valence-electron chi connectivity index (χ0n) is 9.14. The molecule has 1 rings (SSSR count). The summed E-state index contributed by atoms with van der Waals surface area (Å²) in [7, 11) is 0. The summed E-state index contributed by atoms with van der Waals surface area (Å²) in [5.41, 5.74) is 1.14. The number of furan rings is 1. The third kappa shape index (κ3) is 3.73. The van der Waals surface area contributed by atoms with Gasteiger partial charge < -0.3 is 9.73 Å². The summed E-state index contributed by atoms with van der Waals surface area (Å²) in [6.07, 6.45) is 3.62. The Balaban J connectivity index is 2.70. The van der Waals surface area contributed by atoms with Gasteiger partial charge in [0.1, 0.15) is 0 Å². The molecule has 0 bridgehead atoms. The molecule has 1 aromatic heterocycles. The van der Waals surface area contributed by atoms with Gasteiger partial charge >= 0.3 is 0 Å². The van der Waals surface area contributed by atoms with Gasteiger partial charge in [0.25, 0.3) is 0 Å². The highest BCUT2D eigenvalue weighted by molar-refractivity contribution is 9.10. The highest BCUT2D eigenvalue weighted by atomic mass is 79.9. The minimum Gasteiger partial charge on any atom is -0.457 e. The first-order valence-electron chi connectivity index (χ1n) is 5.15. The van der Waals surface area contributed by atoms with Crippen LogP contribution >= 0.6 is 15.9 Å². The molecular formula is C12H16BrNO. The summed E-state index contributed by atoms with van der Waals surface area (Å²) < 4.78 is 6.03. The fourth-order valence-corrected chi connectivity index (χ4v) is 1.88. The van der Waals surface area contributed by atoms with Gasteiger partial charge in [-0.15, -0.1) is 11.8 Å². The maximum atomic E-state index is 5.23. The molecule has 0 aliphatic heterocycles. The van der Waals surface area contributed by atoms with Crippen LogP contribution in [0.1, 0.15) is 38.3 Å². The van der Waals surface area contributed by atoms with E-state index in [1.54, 1.807) is 6.26 Å². The van der Waals surface area contributed by atoms with Crippen LogP contribution in [0.25, 0.3) is 0 Å². The van der Waals surface area contributed by atoms with Crippen molar-refractivity contribution in [3.05, 3.63) is 22.6 Å². The molecule has 15 heavy (non-hydrogen) atoms. The quantitative estimate of drug-likeness (QED) is 0.828. The Morgan fingerprint density at radius 2 is 2.40 bits per heavy atom. The zero-order chi connectivity index (χ0) is 11.1. The SMILES string of the molecule is CC#CCC(NCCC)c1ccoc1Br. The second-order valence-corrected chi connectivity index (χ2v) is 4.01. The predicted molar refractivity (Wildman–Crippen MR) is 65.5 cm³/mol. The molecule has 0 aliphatic carbocycles. The maximum absolute atomic E-state index is 5.23. The summed E-state index contributed by atoms with van der Waals surface area (Å²) in [6.45, 7) is 5.01. The van der Waals surface area contributed by atoms with Gasteiger partial charge in [-0.3, -0.25) is 0 Å². The Hall–Kier alpha value is -0.720. The number of hydrogen-bond donors (Lipinski definition) is 1. The van der Waals surface area contributed by atoms with Gasteiger partial charge in [-0.05, 0) is 41.9 Å². The lowest BCUT2D eigenvalue weighted by Crippen LogP contribution is -2.21. The van der Waals surface area contributed by atoms with E-state index in [1.165, 1.54) is 0 Å². The predicted octanol–water partition coefficient (Wildman–Crippen LogP) is 3.50. The molecular weight excluding hydrogens is 254 g/mol. The van der Waals surface area contributed by atoms with Crippen molar-refractivity contribution in [3.63, 3.8) is 0 Å². The molecule has 0 amide bonds. The average molecular weight is 270 g/mol. The molecule has 3 heteroatoms. The van der Waals surface area contributed by atoms with Gasteiger partial charge in [-0.25, -0.2) is 0 Å². The molecule has 0 saturated heterocycles. The molecule has 1 unspecified atom stereocenters. The Morgan fingerprint density at radius 3 is 2.93 bits per heavy atom. The van der Waals surface area contributed by atoms with Gasteiger partial charge in [-0.1, -0.05) is 6.92 Å². The molecule has 82 valence electrons. The topological polar surface area (TPSA) is 25.2 Å². The molecule has 2 nitrogen and oxygen atoms in total. The lowest BCUT2D eigenvalue weighted by Gasteiger charge is -2.14. The van der Waals surface area contributed by atoms with Crippen LogP contribution < -0.4 is 5.32 Å². The van der Waals surface area contributed by atoms with Crippen molar-refractivity contribution < 1.29 is 4.42 Å². The molecule has 1 aromatic rings. The van der Waals surface area contributed by atoms with Crippen LogP contribution in [0, 0.1) is 11.8 Å². The maximum Gasteiger partial charge on any atom is 0.173 e. The van der Waals surface area contributed by atoms with Crippen molar-refractivity contribution in [2.45, 2.75) is 32.7 Å². The summed E-state index contributed by atoms with van der Waals surface area (Å²) >= 11 is 3.40. The van der Waals surface area contributed by atoms with Crippen molar-refractivity contribution >= 4 is 15.9 Å². The van der Waals surface area contributed by atoms with Crippen LogP contribution in [-0.4, -0.2) is 6.54 Å². The van der Waals surface area contributed by atoms with Crippen molar-refractivity contribution in [3.8, 4) is 11.8 Å². The molecule has 1 N–H and O–H groups in total. The molecule has 0 saturated carbocycles. The lowest BCUT2D eigenvalue weighted by molar-refractivity contribution is 0.504. The normalized spacial score (nSPS) is 11.9. The Morgan fingerprint density at radius 1 is 1.60 bits per heavy atom. The minimum absolute atomic E-state index is 0.255. The van der Waals surface area contributed by atoms with E-state index in [4.69, 9.17) is 4.42 Å². The van der Waals surface area contributed by atoms with Crippen LogP contribution in [0.15, 0.2) is 21.4 Å². The third-order valence-electron chi connectivity index (χ3n) is 2.15. The van der Waals surface area contributed by atoms with E-state index >= 15 is 0 Å². The van der Waals surface area contributed by atoms with Crippen LogP contribution in [0.5, 0.6) is 0 Å². The van der Waals surface area contributed by atoms with Crippen LogP contribution in [0.2, 0.25) is 0 Å². The molecule has 1 heterocycles. The average Bonchev–Trinajstić information content (AvgIpc) is 2.65. The van der Waals surface area contributed by atoms with E-state index < -0.39 is 0 Å². The van der Waals surface area contributed by atoms with E-state index in [0.29, 0.717) is 0 Å². The first-order valence-corrected chi connectivity index (χ1v) is 5.94. The van der Waals surface area contributed by atoms with E-state index in [1.807, 2.05) is 13.0 Å². The molecule has 1 atom stereocenters. The van der Waals surface area contributed by atoms with Crippen LogP contribution in [0.3, 0.4) is 0 Å². The summed E-state index contributed by atoms with van der Waals surface area (Å²) in [4.78, 5) is 0. The largest absolute Gasteiger partial charge is 0.457 e. The summed E-state index contributed by atoms with van der Waals surface area (Å²) in [6, 6.07) is 2.24. The van der Waals surface area contributed by atoms with Crippen molar-refractivity contribution in [2.75, 3.05) is 6.54 Å². The Bertz CT molecular complexity index is 348. The van der Waals surface area contributed by atoms with Crippen molar-refractivity contribution in [1.82, 2.24) is 5.32 Å². The van der Waals surface area contributed by atoms with Gasteiger partial charge in [0.05, 0.1) is 6.26 Å². The van der Waals surface area contributed by atoms with E-state index in [-0.39, 0.29) is 6.04 Å². The lowest BCUT2D eigenvalue weighted by atomic mass is 10.1. The molecule has 0 aliphatic rings. The first-order chi connectivity index (χ1) is 7.29. The monoisotopic (exact) mass is 269 g/mol. The number of nitrogens with one attached hydrogen (secondary N) is 1. The number of halogens is 1. The Labute approximate surface area is 99.6 Å². The smallest absolute Gasteiger partial charge is 0.173 e. The Kier molecular flexibility index (Phi) is 5.52. The van der Waals surface area contributed by atoms with Crippen LogP contribution in [0.4, 0.5) is 0 Å². The second-order valence-electron chi connectivity index (χ2n) is 3.29. The molecule has 0 radical (unpaired) electrons. The highest BCUT2D eigenvalue weighted by Crippen LogP contribution is 2.26. The van der Waals surface area contributed by atoms with Gasteiger partial charge in [-0.2, -0.15) is 0 Å². The van der Waals surface area contributed by atoms with Crippen molar-refractivity contribution in [1.29, 1.82) is 0 Å². The molecule has 0 aromatic carbocycles. The standard InChI is InChI=1S/C12H16BrNO/c1-3-5-6-11(14-8-4-2)10-7-9-15-12(10)13/h7,9,11,14H,4,6,8H2,1-2H3. The van der Waals surface area contributed by atoms with E-state index in [2.05, 4.69) is 40.0 Å². The van der Waals surface area contributed by atoms with Gasteiger partial charge in [0.2, 0.25) is 0 Å². The third-order valence-corrected chi connectivity index (χ3v) is 2.79. The zero-order valence-corrected chi connectivity index (χ0v) is 10.7. The van der Waals surface area contributed by atoms with Gasteiger partial charge in [0.15, 0.2) is 4.67 Å². The number of rotatable bonds is 5. The second kappa shape index (κ2) is 6.71. The molecule has 0 fully saturated rings. The van der Waals surface area contributed by atoms with E-state index in [9.17, 15) is 0 Å². The first kappa shape index (κ1) is 12.4. The number of hydrogen-bond acceptors (Lipinski definition) is 2. The van der Waals surface area contributed by atoms with Gasteiger partial charge in [0, 0.05) is 18.0 Å². The minimum atomic E-state index is 0.255. The van der Waals surface area contributed by atoms with E-state index in [0.717, 1.165) is 29.6 Å².